The number of thiophene rings is 1. The molecule has 2 aromatic carbocycles. The van der Waals surface area contributed by atoms with E-state index in [2.05, 4.69) is 5.32 Å². The van der Waals surface area contributed by atoms with Crippen molar-refractivity contribution in [1.82, 2.24) is 0 Å². The number of aromatic carboxylic acids is 1. The number of hydrogen-bond donors (Lipinski definition) is 2. The van der Waals surface area contributed by atoms with Crippen molar-refractivity contribution in [3.63, 3.8) is 0 Å². The maximum atomic E-state index is 12.4. The second-order valence-corrected chi connectivity index (χ2v) is 5.37. The predicted octanol–water partition coefficient (Wildman–Crippen LogP) is 3.85. The van der Waals surface area contributed by atoms with E-state index in [0.29, 0.717) is 11.3 Å². The molecule has 0 bridgehead atoms. The van der Waals surface area contributed by atoms with E-state index in [1.165, 1.54) is 0 Å². The smallest absolute Gasteiger partial charge is 0.348 e. The highest BCUT2D eigenvalue weighted by Gasteiger charge is 2.16. The van der Waals surface area contributed by atoms with Crippen molar-refractivity contribution >= 4 is 39.7 Å². The molecule has 0 atom stereocenters. The van der Waals surface area contributed by atoms with E-state index in [1.807, 2.05) is 36.4 Å². The zero-order valence-electron chi connectivity index (χ0n) is 10.9. The number of carboxylic acid groups (broad SMARTS) is 1. The second kappa shape index (κ2) is 5.38. The quantitative estimate of drug-likeness (QED) is 0.771. The number of nitrogens with one attached hydrogen (secondary N) is 1. The minimum absolute atomic E-state index is 0.128. The van der Waals surface area contributed by atoms with Crippen LogP contribution in [0.2, 0.25) is 0 Å². The van der Waals surface area contributed by atoms with Crippen molar-refractivity contribution in [2.45, 2.75) is 0 Å². The van der Waals surface area contributed by atoms with Crippen LogP contribution in [-0.2, 0) is 0 Å². The molecule has 2 N–H and O–H groups in total. The molecule has 3 aromatic rings. The molecule has 104 valence electrons. The van der Waals surface area contributed by atoms with Crippen molar-refractivity contribution in [3.05, 3.63) is 64.4 Å². The highest BCUT2D eigenvalue weighted by atomic mass is 32.1. The van der Waals surface area contributed by atoms with Crippen molar-refractivity contribution in [3.8, 4) is 0 Å². The molecule has 0 aliphatic heterocycles. The summed E-state index contributed by atoms with van der Waals surface area (Å²) in [6.45, 7) is 0. The summed E-state index contributed by atoms with van der Waals surface area (Å²) in [7, 11) is 0. The van der Waals surface area contributed by atoms with Crippen LogP contribution in [0, 0.1) is 0 Å². The Morgan fingerprint density at radius 3 is 2.57 bits per heavy atom. The fraction of sp³-hybridized carbons (Fsp3) is 0. The first-order chi connectivity index (χ1) is 10.2. The normalized spacial score (nSPS) is 10.5. The molecular weight excluding hydrogens is 286 g/mol. The summed E-state index contributed by atoms with van der Waals surface area (Å²) in [5, 5.41) is 15.2. The summed E-state index contributed by atoms with van der Waals surface area (Å²) >= 11 is 1.08. The third-order valence-electron chi connectivity index (χ3n) is 3.14. The fourth-order valence-corrected chi connectivity index (χ4v) is 2.87. The van der Waals surface area contributed by atoms with Gasteiger partial charge in [-0.15, -0.1) is 11.3 Å². The largest absolute Gasteiger partial charge is 0.477 e. The van der Waals surface area contributed by atoms with Crippen LogP contribution in [0.15, 0.2) is 53.9 Å². The van der Waals surface area contributed by atoms with Crippen LogP contribution in [0.1, 0.15) is 20.0 Å². The molecule has 1 amide bonds. The van der Waals surface area contributed by atoms with Gasteiger partial charge >= 0.3 is 5.97 Å². The zero-order chi connectivity index (χ0) is 14.8. The number of carbonyl (C=O) groups is 2. The van der Waals surface area contributed by atoms with Gasteiger partial charge in [-0.05, 0) is 28.3 Å². The molecule has 1 heterocycles. The third-order valence-corrected chi connectivity index (χ3v) is 4.04. The van der Waals surface area contributed by atoms with E-state index >= 15 is 0 Å². The van der Waals surface area contributed by atoms with Crippen molar-refractivity contribution < 1.29 is 14.7 Å². The lowest BCUT2D eigenvalue weighted by molar-refractivity contribution is 0.0703. The second-order valence-electron chi connectivity index (χ2n) is 4.45. The number of hydrogen-bond acceptors (Lipinski definition) is 3. The molecule has 4 nitrogen and oxygen atoms in total. The highest BCUT2D eigenvalue weighted by molar-refractivity contribution is 7.12. The first-order valence-electron chi connectivity index (χ1n) is 6.27. The van der Waals surface area contributed by atoms with Gasteiger partial charge in [0.25, 0.3) is 5.91 Å². The van der Waals surface area contributed by atoms with Crippen LogP contribution in [0.5, 0.6) is 0 Å². The van der Waals surface area contributed by atoms with E-state index < -0.39 is 5.97 Å². The van der Waals surface area contributed by atoms with Gasteiger partial charge in [0.1, 0.15) is 4.88 Å². The van der Waals surface area contributed by atoms with Crippen LogP contribution in [0.4, 0.5) is 5.69 Å². The monoisotopic (exact) mass is 297 g/mol. The standard InChI is InChI=1S/C16H11NO3S/c18-15(17-13-8-9-21-14(13)16(19)20)12-7-3-5-10-4-1-2-6-11(10)12/h1-9H,(H,17,18)(H,19,20). The molecule has 0 saturated heterocycles. The summed E-state index contributed by atoms with van der Waals surface area (Å²) in [5.41, 5.74) is 0.848. The van der Waals surface area contributed by atoms with Crippen molar-refractivity contribution in [2.24, 2.45) is 0 Å². The molecule has 0 fully saturated rings. The maximum absolute atomic E-state index is 12.4. The van der Waals surface area contributed by atoms with Gasteiger partial charge in [0, 0.05) is 5.56 Å². The Morgan fingerprint density at radius 1 is 1.00 bits per heavy atom. The third kappa shape index (κ3) is 2.51. The van der Waals surface area contributed by atoms with Gasteiger partial charge in [-0.1, -0.05) is 36.4 Å². The number of fused-ring (bicyclic) bond motifs is 1. The summed E-state index contributed by atoms with van der Waals surface area (Å²) in [4.78, 5) is 23.6. The molecule has 1 aromatic heterocycles. The highest BCUT2D eigenvalue weighted by Crippen LogP contribution is 2.24. The topological polar surface area (TPSA) is 66.4 Å². The molecule has 3 rings (SSSR count). The first-order valence-corrected chi connectivity index (χ1v) is 7.14. The predicted molar refractivity (Wildman–Crippen MR) is 83.2 cm³/mol. The molecule has 0 aliphatic rings. The van der Waals surface area contributed by atoms with Crippen LogP contribution < -0.4 is 5.32 Å². The van der Waals surface area contributed by atoms with Crippen LogP contribution >= 0.6 is 11.3 Å². The minimum atomic E-state index is -1.04. The van der Waals surface area contributed by atoms with Gasteiger partial charge in [-0.25, -0.2) is 4.79 Å². The molecule has 21 heavy (non-hydrogen) atoms. The SMILES string of the molecule is O=C(O)c1sccc1NC(=O)c1cccc2ccccc12. The number of rotatable bonds is 3. The Kier molecular flexibility index (Phi) is 3.41. The lowest BCUT2D eigenvalue weighted by atomic mass is 10.0. The average molecular weight is 297 g/mol. The Bertz CT molecular complexity index is 833. The summed E-state index contributed by atoms with van der Waals surface area (Å²) in [6, 6.07) is 14.6. The van der Waals surface area contributed by atoms with Crippen molar-refractivity contribution in [1.29, 1.82) is 0 Å². The maximum Gasteiger partial charge on any atom is 0.348 e. The summed E-state index contributed by atoms with van der Waals surface area (Å²) in [6.07, 6.45) is 0. The molecule has 0 spiro atoms. The zero-order valence-corrected chi connectivity index (χ0v) is 11.7. The Labute approximate surface area is 124 Å². The summed E-state index contributed by atoms with van der Waals surface area (Å²) < 4.78 is 0. The number of amides is 1. The number of carbonyl (C=O) groups excluding carboxylic acids is 1. The molecule has 0 aliphatic carbocycles. The van der Waals surface area contributed by atoms with Crippen molar-refractivity contribution in [2.75, 3.05) is 5.32 Å². The fourth-order valence-electron chi connectivity index (χ4n) is 2.19. The van der Waals surface area contributed by atoms with Gasteiger partial charge in [-0.3, -0.25) is 4.79 Å². The van der Waals surface area contributed by atoms with E-state index in [9.17, 15) is 9.59 Å². The number of carboxylic acids is 1. The van der Waals surface area contributed by atoms with E-state index in [-0.39, 0.29) is 10.8 Å². The minimum Gasteiger partial charge on any atom is -0.477 e. The van der Waals surface area contributed by atoms with Gasteiger partial charge < -0.3 is 10.4 Å². The van der Waals surface area contributed by atoms with E-state index in [0.717, 1.165) is 22.1 Å². The lowest BCUT2D eigenvalue weighted by Crippen LogP contribution is -2.13. The average Bonchev–Trinajstić information content (AvgIpc) is 2.95. The lowest BCUT2D eigenvalue weighted by Gasteiger charge is -2.07. The van der Waals surface area contributed by atoms with Crippen LogP contribution in [-0.4, -0.2) is 17.0 Å². The van der Waals surface area contributed by atoms with E-state index in [4.69, 9.17) is 5.11 Å². The molecule has 5 heteroatoms. The van der Waals surface area contributed by atoms with E-state index in [1.54, 1.807) is 17.5 Å². The van der Waals surface area contributed by atoms with Gasteiger partial charge in [0.15, 0.2) is 0 Å². The molecular formula is C16H11NO3S. The van der Waals surface area contributed by atoms with Gasteiger partial charge in [0.05, 0.1) is 5.69 Å². The number of anilines is 1. The van der Waals surface area contributed by atoms with Gasteiger partial charge in [0.2, 0.25) is 0 Å². The van der Waals surface area contributed by atoms with Gasteiger partial charge in [-0.2, -0.15) is 0 Å². The molecule has 0 unspecified atom stereocenters. The Hall–Kier alpha value is -2.66. The molecule has 0 saturated carbocycles. The Morgan fingerprint density at radius 2 is 1.76 bits per heavy atom. The van der Waals surface area contributed by atoms with Crippen LogP contribution in [0.3, 0.4) is 0 Å². The molecule has 0 radical (unpaired) electrons. The number of benzene rings is 2. The van der Waals surface area contributed by atoms with Crippen LogP contribution in [0.25, 0.3) is 10.8 Å². The Balaban J connectivity index is 1.98. The first kappa shape index (κ1) is 13.3. The summed E-state index contributed by atoms with van der Waals surface area (Å²) in [5.74, 6) is -1.36.